The number of nitrogens with one attached hydrogen (secondary N) is 1. The lowest BCUT2D eigenvalue weighted by atomic mass is 10.1. The number of carbonyl (C=O) groups is 2. The summed E-state index contributed by atoms with van der Waals surface area (Å²) < 4.78 is 32.4. The summed E-state index contributed by atoms with van der Waals surface area (Å²) in [5.74, 6) is -3.03. The van der Waals surface area contributed by atoms with Gasteiger partial charge in [-0.2, -0.15) is 0 Å². The van der Waals surface area contributed by atoms with Crippen LogP contribution in [-0.2, 0) is 11.4 Å². The smallest absolute Gasteiger partial charge is 0.252 e. The molecule has 4 N–H and O–H groups in total. The first kappa shape index (κ1) is 18.3. The first-order chi connectivity index (χ1) is 11.9. The molecule has 2 aromatic rings. The molecule has 0 radical (unpaired) electrons. The van der Waals surface area contributed by atoms with Crippen molar-refractivity contribution in [3.05, 3.63) is 65.2 Å². The minimum Gasteiger partial charge on any atom is -0.486 e. The van der Waals surface area contributed by atoms with Crippen LogP contribution in [0.4, 0.5) is 8.78 Å². The van der Waals surface area contributed by atoms with Crippen LogP contribution in [-0.4, -0.2) is 29.6 Å². The number of nitrogens with two attached hydrogens (primary N) is 1. The van der Waals surface area contributed by atoms with Gasteiger partial charge in [0.05, 0.1) is 6.61 Å². The van der Waals surface area contributed by atoms with Gasteiger partial charge in [0, 0.05) is 5.56 Å². The van der Waals surface area contributed by atoms with Crippen molar-refractivity contribution in [3.63, 3.8) is 0 Å². The van der Waals surface area contributed by atoms with Crippen molar-refractivity contribution in [3.8, 4) is 5.75 Å². The SMILES string of the molecule is NC(=O)C(CO)NC(=O)c1ccc(OCc2cccc(F)c2)c(F)c1. The Morgan fingerprint density at radius 2 is 1.96 bits per heavy atom. The van der Waals surface area contributed by atoms with Gasteiger partial charge in [0.15, 0.2) is 11.6 Å². The van der Waals surface area contributed by atoms with Crippen LogP contribution < -0.4 is 15.8 Å². The highest BCUT2D eigenvalue weighted by Crippen LogP contribution is 2.20. The van der Waals surface area contributed by atoms with Crippen LogP contribution in [0, 0.1) is 11.6 Å². The van der Waals surface area contributed by atoms with E-state index in [0.29, 0.717) is 5.56 Å². The second kappa shape index (κ2) is 8.20. The van der Waals surface area contributed by atoms with E-state index in [1.54, 1.807) is 6.07 Å². The van der Waals surface area contributed by atoms with E-state index in [-0.39, 0.29) is 17.9 Å². The van der Waals surface area contributed by atoms with E-state index in [9.17, 15) is 18.4 Å². The van der Waals surface area contributed by atoms with Crippen LogP contribution >= 0.6 is 0 Å². The largest absolute Gasteiger partial charge is 0.486 e. The average Bonchev–Trinajstić information content (AvgIpc) is 2.58. The lowest BCUT2D eigenvalue weighted by Gasteiger charge is -2.13. The summed E-state index contributed by atoms with van der Waals surface area (Å²) >= 11 is 0. The van der Waals surface area contributed by atoms with Gasteiger partial charge in [0.2, 0.25) is 5.91 Å². The third kappa shape index (κ3) is 4.98. The third-order valence-corrected chi connectivity index (χ3v) is 3.31. The molecule has 0 saturated heterocycles. The molecule has 25 heavy (non-hydrogen) atoms. The number of benzene rings is 2. The van der Waals surface area contributed by atoms with Gasteiger partial charge in [-0.3, -0.25) is 9.59 Å². The van der Waals surface area contributed by atoms with Crippen molar-refractivity contribution in [2.24, 2.45) is 5.73 Å². The Morgan fingerprint density at radius 1 is 1.20 bits per heavy atom. The zero-order valence-corrected chi connectivity index (χ0v) is 13.0. The van der Waals surface area contributed by atoms with Crippen LogP contribution in [0.1, 0.15) is 15.9 Å². The van der Waals surface area contributed by atoms with Crippen LogP contribution in [0.3, 0.4) is 0 Å². The molecule has 0 aromatic heterocycles. The summed E-state index contributed by atoms with van der Waals surface area (Å²) in [6, 6.07) is 7.86. The van der Waals surface area contributed by atoms with Gasteiger partial charge in [-0.15, -0.1) is 0 Å². The highest BCUT2D eigenvalue weighted by molar-refractivity contribution is 5.97. The van der Waals surface area contributed by atoms with Crippen molar-refractivity contribution in [1.82, 2.24) is 5.32 Å². The van der Waals surface area contributed by atoms with Crippen molar-refractivity contribution in [2.45, 2.75) is 12.6 Å². The number of hydrogen-bond acceptors (Lipinski definition) is 4. The number of aliphatic hydroxyl groups excluding tert-OH is 1. The van der Waals surface area contributed by atoms with E-state index in [0.717, 1.165) is 6.07 Å². The number of rotatable bonds is 7. The number of aliphatic hydroxyl groups is 1. The molecule has 0 saturated carbocycles. The lowest BCUT2D eigenvalue weighted by Crippen LogP contribution is -2.46. The molecule has 132 valence electrons. The molecule has 0 heterocycles. The van der Waals surface area contributed by atoms with E-state index >= 15 is 0 Å². The number of amides is 2. The molecular weight excluding hydrogens is 334 g/mol. The zero-order valence-electron chi connectivity index (χ0n) is 13.0. The van der Waals surface area contributed by atoms with Crippen molar-refractivity contribution < 1.29 is 28.2 Å². The van der Waals surface area contributed by atoms with Gasteiger partial charge in [-0.1, -0.05) is 12.1 Å². The highest BCUT2D eigenvalue weighted by Gasteiger charge is 2.19. The highest BCUT2D eigenvalue weighted by atomic mass is 19.1. The molecule has 0 aliphatic carbocycles. The maximum absolute atomic E-state index is 14.1. The molecule has 0 bridgehead atoms. The molecule has 0 fully saturated rings. The average molecular weight is 350 g/mol. The first-order valence-corrected chi connectivity index (χ1v) is 7.28. The van der Waals surface area contributed by atoms with E-state index in [4.69, 9.17) is 15.6 Å². The molecule has 2 rings (SSSR count). The molecule has 8 heteroatoms. The minimum absolute atomic E-state index is 0.0471. The number of ether oxygens (including phenoxy) is 1. The standard InChI is InChI=1S/C17H16F2N2O4/c18-12-3-1-2-10(6-12)9-25-15-5-4-11(7-13(15)19)17(24)21-14(8-22)16(20)23/h1-7,14,22H,8-9H2,(H2,20,23)(H,21,24). The fourth-order valence-electron chi connectivity index (χ4n) is 2.00. The van der Waals surface area contributed by atoms with Crippen LogP contribution in [0.15, 0.2) is 42.5 Å². The fraction of sp³-hybridized carbons (Fsp3) is 0.176. The molecule has 0 aliphatic heterocycles. The molecule has 2 aromatic carbocycles. The molecule has 0 aliphatic rings. The summed E-state index contributed by atoms with van der Waals surface area (Å²) in [5.41, 5.74) is 5.45. The molecule has 0 spiro atoms. The summed E-state index contributed by atoms with van der Waals surface area (Å²) in [7, 11) is 0. The quantitative estimate of drug-likeness (QED) is 0.696. The van der Waals surface area contributed by atoms with Gasteiger partial charge in [-0.05, 0) is 35.9 Å². The van der Waals surface area contributed by atoms with Crippen LogP contribution in [0.25, 0.3) is 0 Å². The van der Waals surface area contributed by atoms with Crippen LogP contribution in [0.5, 0.6) is 5.75 Å². The summed E-state index contributed by atoms with van der Waals surface area (Å²) in [4.78, 5) is 22.9. The van der Waals surface area contributed by atoms with Gasteiger partial charge in [0.25, 0.3) is 5.91 Å². The van der Waals surface area contributed by atoms with Gasteiger partial charge >= 0.3 is 0 Å². The Labute approximate surface area is 142 Å². The zero-order chi connectivity index (χ0) is 18.4. The first-order valence-electron chi connectivity index (χ1n) is 7.28. The van der Waals surface area contributed by atoms with E-state index < -0.39 is 36.1 Å². The summed E-state index contributed by atoms with van der Waals surface area (Å²) in [5, 5.41) is 11.1. The molecule has 6 nitrogen and oxygen atoms in total. The van der Waals surface area contributed by atoms with Gasteiger partial charge in [-0.25, -0.2) is 8.78 Å². The molecule has 2 amide bonds. The number of carbonyl (C=O) groups excluding carboxylic acids is 2. The second-order valence-electron chi connectivity index (χ2n) is 5.17. The lowest BCUT2D eigenvalue weighted by molar-refractivity contribution is -0.120. The fourth-order valence-corrected chi connectivity index (χ4v) is 2.00. The topological polar surface area (TPSA) is 102 Å². The second-order valence-corrected chi connectivity index (χ2v) is 5.17. The molecule has 1 atom stereocenters. The number of hydrogen-bond donors (Lipinski definition) is 3. The van der Waals surface area contributed by atoms with Gasteiger partial charge in [0.1, 0.15) is 18.5 Å². The minimum atomic E-state index is -1.26. The maximum atomic E-state index is 14.1. The predicted octanol–water partition coefficient (Wildman–Crippen LogP) is 1.12. The predicted molar refractivity (Wildman–Crippen MR) is 84.7 cm³/mol. The van der Waals surface area contributed by atoms with Crippen molar-refractivity contribution in [1.29, 1.82) is 0 Å². The Kier molecular flexibility index (Phi) is 6.02. The van der Waals surface area contributed by atoms with E-state index in [1.807, 2.05) is 0 Å². The van der Waals surface area contributed by atoms with E-state index in [1.165, 1.54) is 30.3 Å². The van der Waals surface area contributed by atoms with Gasteiger partial charge < -0.3 is 20.9 Å². The van der Waals surface area contributed by atoms with Crippen LogP contribution in [0.2, 0.25) is 0 Å². The van der Waals surface area contributed by atoms with Crippen molar-refractivity contribution in [2.75, 3.05) is 6.61 Å². The number of halogens is 2. The van der Waals surface area contributed by atoms with Crippen molar-refractivity contribution >= 4 is 11.8 Å². The Balaban J connectivity index is 2.04. The third-order valence-electron chi connectivity index (χ3n) is 3.31. The Morgan fingerprint density at radius 3 is 2.56 bits per heavy atom. The van der Waals surface area contributed by atoms with E-state index in [2.05, 4.69) is 5.32 Å². The number of primary amides is 1. The summed E-state index contributed by atoms with van der Waals surface area (Å²) in [6.07, 6.45) is 0. The molecular formula is C17H16F2N2O4. The normalized spacial score (nSPS) is 11.6. The monoisotopic (exact) mass is 350 g/mol. The molecule has 1 unspecified atom stereocenters. The summed E-state index contributed by atoms with van der Waals surface area (Å²) in [6.45, 7) is -0.715. The maximum Gasteiger partial charge on any atom is 0.252 e. The Hall–Kier alpha value is -3.00. The Bertz CT molecular complexity index is 783.